The van der Waals surface area contributed by atoms with E-state index in [-0.39, 0.29) is 17.2 Å². The number of hydrogen-bond acceptors (Lipinski definition) is 6. The van der Waals surface area contributed by atoms with Gasteiger partial charge in [0.05, 0.1) is 22.9 Å². The van der Waals surface area contributed by atoms with Crippen molar-refractivity contribution in [2.75, 3.05) is 23.3 Å². The van der Waals surface area contributed by atoms with Gasteiger partial charge in [-0.2, -0.15) is 14.9 Å². The normalized spacial score (nSPS) is 19.9. The van der Waals surface area contributed by atoms with Crippen LogP contribution in [0.3, 0.4) is 0 Å². The Labute approximate surface area is 215 Å². The van der Waals surface area contributed by atoms with E-state index in [0.29, 0.717) is 23.0 Å². The van der Waals surface area contributed by atoms with Gasteiger partial charge in [-0.25, -0.2) is 8.78 Å². The van der Waals surface area contributed by atoms with Gasteiger partial charge in [0, 0.05) is 42.2 Å². The average Bonchev–Trinajstić information content (AvgIpc) is 3.81. The van der Waals surface area contributed by atoms with Gasteiger partial charge in [-0.05, 0) is 56.0 Å². The van der Waals surface area contributed by atoms with Gasteiger partial charge >= 0.3 is 0 Å². The van der Waals surface area contributed by atoms with Gasteiger partial charge in [-0.3, -0.25) is 14.3 Å². The molecule has 1 spiro atoms. The fourth-order valence-electron chi connectivity index (χ4n) is 5.49. The molecule has 0 unspecified atom stereocenters. The molecule has 3 aliphatic rings. The lowest BCUT2D eigenvalue weighted by Gasteiger charge is -2.23. The SMILES string of the molecule is N[C@H]1CN(c2c(NC(=O)c3ccc(=O)n(-c4c(F)cccc4F)n3)ccc3nn(C4CC4)cc23)CC12CC2. The summed E-state index contributed by atoms with van der Waals surface area (Å²) in [4.78, 5) is 28.0. The topological polar surface area (TPSA) is 111 Å². The number of fused-ring (bicyclic) bond motifs is 1. The van der Waals surface area contributed by atoms with Crippen molar-refractivity contribution in [2.45, 2.75) is 37.8 Å². The van der Waals surface area contributed by atoms with Crippen LogP contribution in [-0.4, -0.2) is 44.6 Å². The molecule has 2 saturated carbocycles. The zero-order chi connectivity index (χ0) is 26.2. The lowest BCUT2D eigenvalue weighted by Crippen LogP contribution is -2.30. The predicted octanol–water partition coefficient (Wildman–Crippen LogP) is 3.38. The summed E-state index contributed by atoms with van der Waals surface area (Å²) in [6.07, 6.45) is 6.38. The van der Waals surface area contributed by atoms with Gasteiger partial charge in [0.15, 0.2) is 11.6 Å². The van der Waals surface area contributed by atoms with E-state index in [2.05, 4.69) is 15.3 Å². The highest BCUT2D eigenvalue weighted by Gasteiger charge is 2.54. The number of amides is 1. The molecular weight excluding hydrogens is 492 g/mol. The van der Waals surface area contributed by atoms with Gasteiger partial charge < -0.3 is 16.0 Å². The Balaban J connectivity index is 1.28. The first-order valence-corrected chi connectivity index (χ1v) is 12.7. The molecule has 1 aliphatic heterocycles. The van der Waals surface area contributed by atoms with E-state index in [1.54, 1.807) is 6.07 Å². The number of rotatable bonds is 5. The zero-order valence-corrected chi connectivity index (χ0v) is 20.4. The van der Waals surface area contributed by atoms with Crippen molar-refractivity contribution in [1.82, 2.24) is 19.6 Å². The molecular formula is C27H25F2N7O2. The predicted molar refractivity (Wildman–Crippen MR) is 138 cm³/mol. The number of aromatic nitrogens is 4. The smallest absolute Gasteiger partial charge is 0.276 e. The summed E-state index contributed by atoms with van der Waals surface area (Å²) in [6, 6.07) is 9.64. The van der Waals surface area contributed by atoms with Crippen molar-refractivity contribution in [3.63, 3.8) is 0 Å². The van der Waals surface area contributed by atoms with E-state index >= 15 is 0 Å². The van der Waals surface area contributed by atoms with E-state index in [1.165, 1.54) is 12.1 Å². The summed E-state index contributed by atoms with van der Waals surface area (Å²) >= 11 is 0. The third-order valence-electron chi connectivity index (χ3n) is 7.95. The molecule has 1 atom stereocenters. The molecule has 3 N–H and O–H groups in total. The van der Waals surface area contributed by atoms with E-state index in [9.17, 15) is 18.4 Å². The minimum atomic E-state index is -0.961. The number of anilines is 2. The highest BCUT2D eigenvalue weighted by atomic mass is 19.1. The van der Waals surface area contributed by atoms with Gasteiger partial charge in [-0.15, -0.1) is 0 Å². The minimum Gasteiger partial charge on any atom is -0.367 e. The van der Waals surface area contributed by atoms with Crippen molar-refractivity contribution in [1.29, 1.82) is 0 Å². The minimum absolute atomic E-state index is 0.0423. The monoisotopic (exact) mass is 517 g/mol. The third-order valence-corrected chi connectivity index (χ3v) is 7.95. The Morgan fingerprint density at radius 3 is 2.47 bits per heavy atom. The molecule has 3 heterocycles. The van der Waals surface area contributed by atoms with E-state index < -0.39 is 28.8 Å². The largest absolute Gasteiger partial charge is 0.367 e. The average molecular weight is 518 g/mol. The maximum Gasteiger partial charge on any atom is 0.276 e. The van der Waals surface area contributed by atoms with Crippen molar-refractivity contribution in [2.24, 2.45) is 11.1 Å². The quantitative estimate of drug-likeness (QED) is 0.420. The fraction of sp³-hybridized carbons (Fsp3) is 0.333. The Morgan fingerprint density at radius 1 is 1.03 bits per heavy atom. The molecule has 2 aromatic carbocycles. The number of nitrogens with two attached hydrogens (primary N) is 1. The highest BCUT2D eigenvalue weighted by Crippen LogP contribution is 2.54. The number of halogens is 2. The Bertz CT molecular complexity index is 1650. The van der Waals surface area contributed by atoms with Gasteiger partial charge in [0.1, 0.15) is 11.4 Å². The second-order valence-corrected chi connectivity index (χ2v) is 10.6. The number of benzene rings is 2. The van der Waals surface area contributed by atoms with Crippen LogP contribution < -0.4 is 21.5 Å². The number of nitrogens with one attached hydrogen (secondary N) is 1. The Hall–Kier alpha value is -4.12. The van der Waals surface area contributed by atoms with Crippen LogP contribution in [0.25, 0.3) is 16.6 Å². The Morgan fingerprint density at radius 2 is 1.79 bits per heavy atom. The van der Waals surface area contributed by atoms with Crippen LogP contribution in [-0.2, 0) is 0 Å². The van der Waals surface area contributed by atoms with Gasteiger partial charge in [0.25, 0.3) is 11.5 Å². The van der Waals surface area contributed by atoms with E-state index in [0.717, 1.165) is 67.0 Å². The maximum atomic E-state index is 14.4. The van der Waals surface area contributed by atoms with Crippen molar-refractivity contribution in [3.8, 4) is 5.69 Å². The molecule has 7 rings (SSSR count). The standard InChI is InChI=1S/C27H25F2N7O2/c28-17-2-1-3-18(29)25(17)36-23(37)9-8-21(33-36)26(38)31-20-7-6-19-16(12-35(32-19)15-4-5-15)24(20)34-13-22(30)27(14-34)10-11-27/h1-3,6-9,12,15,22H,4-5,10-11,13-14,30H2,(H,31,38)/t22-/m0/s1. The molecule has 1 amide bonds. The molecule has 2 aromatic heterocycles. The maximum absolute atomic E-state index is 14.4. The van der Waals surface area contributed by atoms with Crippen molar-refractivity contribution in [3.05, 3.63) is 76.3 Å². The van der Waals surface area contributed by atoms with Crippen LogP contribution >= 0.6 is 0 Å². The van der Waals surface area contributed by atoms with Crippen LogP contribution in [0, 0.1) is 17.0 Å². The van der Waals surface area contributed by atoms with E-state index in [4.69, 9.17) is 10.8 Å². The molecule has 4 aromatic rings. The van der Waals surface area contributed by atoms with Crippen molar-refractivity contribution >= 4 is 28.2 Å². The van der Waals surface area contributed by atoms with Crippen molar-refractivity contribution < 1.29 is 13.6 Å². The summed E-state index contributed by atoms with van der Waals surface area (Å²) in [5, 5.41) is 12.6. The van der Waals surface area contributed by atoms with Crippen LogP contribution in [0.1, 0.15) is 42.2 Å². The van der Waals surface area contributed by atoms with Crippen LogP contribution in [0.15, 0.2) is 53.5 Å². The number of para-hydroxylation sites is 1. The summed E-state index contributed by atoms with van der Waals surface area (Å²) in [6.45, 7) is 1.45. The summed E-state index contributed by atoms with van der Waals surface area (Å²) in [7, 11) is 0. The van der Waals surface area contributed by atoms with Crippen LogP contribution in [0.2, 0.25) is 0 Å². The third kappa shape index (κ3) is 3.68. The first kappa shape index (κ1) is 23.0. The number of nitrogens with zero attached hydrogens (tertiary/aromatic N) is 5. The first-order chi connectivity index (χ1) is 18.3. The molecule has 38 heavy (non-hydrogen) atoms. The Kier molecular flexibility index (Phi) is 4.96. The van der Waals surface area contributed by atoms with Gasteiger partial charge in [0.2, 0.25) is 0 Å². The van der Waals surface area contributed by atoms with Crippen LogP contribution in [0.4, 0.5) is 20.2 Å². The summed E-state index contributed by atoms with van der Waals surface area (Å²) < 4.78 is 31.3. The summed E-state index contributed by atoms with van der Waals surface area (Å²) in [5.74, 6) is -2.54. The van der Waals surface area contributed by atoms with Gasteiger partial charge in [-0.1, -0.05) is 6.07 Å². The molecule has 9 nitrogen and oxygen atoms in total. The lowest BCUT2D eigenvalue weighted by molar-refractivity contribution is 0.102. The molecule has 194 valence electrons. The van der Waals surface area contributed by atoms with E-state index in [1.807, 2.05) is 16.9 Å². The molecule has 0 radical (unpaired) electrons. The second kappa shape index (κ2) is 8.19. The first-order valence-electron chi connectivity index (χ1n) is 12.7. The molecule has 11 heteroatoms. The molecule has 0 bridgehead atoms. The lowest BCUT2D eigenvalue weighted by atomic mass is 10.0. The number of hydrogen-bond donors (Lipinski definition) is 2. The molecule has 1 saturated heterocycles. The fourth-order valence-corrected chi connectivity index (χ4v) is 5.49. The molecule has 3 fully saturated rings. The molecule has 2 aliphatic carbocycles. The highest BCUT2D eigenvalue weighted by molar-refractivity contribution is 6.08. The number of carbonyl (C=O) groups excluding carboxylic acids is 1. The summed E-state index contributed by atoms with van der Waals surface area (Å²) in [5.41, 5.74) is 7.28. The zero-order valence-electron chi connectivity index (χ0n) is 20.4. The van der Waals surface area contributed by atoms with Crippen LogP contribution in [0.5, 0.6) is 0 Å². The number of carbonyl (C=O) groups is 1. The second-order valence-electron chi connectivity index (χ2n) is 10.6.